The van der Waals surface area contributed by atoms with Gasteiger partial charge in [0.15, 0.2) is 5.96 Å². The Morgan fingerprint density at radius 3 is 2.46 bits per heavy atom. The van der Waals surface area contributed by atoms with E-state index >= 15 is 0 Å². The molecule has 3 N–H and O–H groups in total. The lowest BCUT2D eigenvalue weighted by molar-refractivity contribution is 0.356. The first-order valence-electron chi connectivity index (χ1n) is 5.34. The van der Waals surface area contributed by atoms with E-state index in [-0.39, 0.29) is 0 Å². The maximum atomic E-state index is 5.59. The van der Waals surface area contributed by atoms with Crippen LogP contribution in [0.15, 0.2) is 4.99 Å². The van der Waals surface area contributed by atoms with Crippen molar-refractivity contribution in [2.45, 2.75) is 45.6 Å². The maximum absolute atomic E-state index is 5.59. The average molecular weight is 183 g/mol. The highest BCUT2D eigenvalue weighted by Crippen LogP contribution is 2.19. The van der Waals surface area contributed by atoms with E-state index in [4.69, 9.17) is 5.73 Å². The molecule has 0 amide bonds. The minimum Gasteiger partial charge on any atom is -0.370 e. The van der Waals surface area contributed by atoms with Gasteiger partial charge in [0.05, 0.1) is 12.6 Å². The monoisotopic (exact) mass is 183 g/mol. The molecule has 0 saturated heterocycles. The van der Waals surface area contributed by atoms with E-state index < -0.39 is 0 Å². The molecule has 0 spiro atoms. The topological polar surface area (TPSA) is 50.4 Å². The summed E-state index contributed by atoms with van der Waals surface area (Å²) >= 11 is 0. The Morgan fingerprint density at radius 1 is 1.46 bits per heavy atom. The van der Waals surface area contributed by atoms with E-state index in [9.17, 15) is 0 Å². The van der Waals surface area contributed by atoms with Crippen molar-refractivity contribution in [1.82, 2.24) is 5.32 Å². The van der Waals surface area contributed by atoms with Gasteiger partial charge in [-0.15, -0.1) is 0 Å². The van der Waals surface area contributed by atoms with Gasteiger partial charge in [-0.05, 0) is 18.8 Å². The number of nitrogens with zero attached hydrogens (tertiary/aromatic N) is 1. The Labute approximate surface area is 80.8 Å². The predicted molar refractivity (Wildman–Crippen MR) is 56.7 cm³/mol. The van der Waals surface area contributed by atoms with Gasteiger partial charge in [0, 0.05) is 0 Å². The molecule has 0 bridgehead atoms. The van der Waals surface area contributed by atoms with E-state index in [1.165, 1.54) is 25.7 Å². The Balaban J connectivity index is 2.37. The van der Waals surface area contributed by atoms with Crippen molar-refractivity contribution < 1.29 is 0 Å². The number of nitrogens with two attached hydrogens (primary N) is 1. The molecule has 1 unspecified atom stereocenters. The summed E-state index contributed by atoms with van der Waals surface area (Å²) in [4.78, 5) is 4.19. The van der Waals surface area contributed by atoms with Gasteiger partial charge in [0.25, 0.3) is 0 Å². The molecule has 0 fully saturated rings. The molecular weight excluding hydrogens is 162 g/mol. The molecule has 1 aliphatic heterocycles. The van der Waals surface area contributed by atoms with Crippen LogP contribution in [-0.2, 0) is 0 Å². The third-order valence-corrected chi connectivity index (χ3v) is 2.68. The summed E-state index contributed by atoms with van der Waals surface area (Å²) in [5, 5.41) is 3.25. The summed E-state index contributed by atoms with van der Waals surface area (Å²) in [7, 11) is 0. The van der Waals surface area contributed by atoms with Gasteiger partial charge in [0.1, 0.15) is 0 Å². The highest BCUT2D eigenvalue weighted by Gasteiger charge is 2.23. The van der Waals surface area contributed by atoms with Crippen LogP contribution < -0.4 is 11.1 Å². The van der Waals surface area contributed by atoms with Gasteiger partial charge in [-0.1, -0.05) is 26.7 Å². The molecule has 1 aliphatic rings. The fourth-order valence-electron chi connectivity index (χ4n) is 2.03. The van der Waals surface area contributed by atoms with Gasteiger partial charge in [0.2, 0.25) is 0 Å². The Hall–Kier alpha value is -0.730. The second kappa shape index (κ2) is 5.10. The highest BCUT2D eigenvalue weighted by molar-refractivity contribution is 5.79. The molecule has 3 nitrogen and oxygen atoms in total. The van der Waals surface area contributed by atoms with Gasteiger partial charge >= 0.3 is 0 Å². The van der Waals surface area contributed by atoms with E-state index in [1.807, 2.05) is 0 Å². The average Bonchev–Trinajstić information content (AvgIpc) is 2.51. The first kappa shape index (κ1) is 10.4. The maximum Gasteiger partial charge on any atom is 0.188 e. The second-order valence-corrected chi connectivity index (χ2v) is 3.81. The van der Waals surface area contributed by atoms with E-state index in [1.54, 1.807) is 0 Å². The third-order valence-electron chi connectivity index (χ3n) is 2.68. The molecular formula is C10H21N3. The van der Waals surface area contributed by atoms with Gasteiger partial charge in [-0.3, -0.25) is 4.99 Å². The van der Waals surface area contributed by atoms with Crippen molar-refractivity contribution in [1.29, 1.82) is 0 Å². The van der Waals surface area contributed by atoms with Crippen LogP contribution in [-0.4, -0.2) is 18.5 Å². The van der Waals surface area contributed by atoms with Crippen LogP contribution in [0.4, 0.5) is 0 Å². The molecule has 1 rings (SSSR count). The summed E-state index contributed by atoms with van der Waals surface area (Å²) in [6, 6.07) is 0.500. The summed E-state index contributed by atoms with van der Waals surface area (Å²) in [5.74, 6) is 1.38. The SMILES string of the molecule is CCCC(CCC)C1CN=C(N)N1. The molecule has 13 heavy (non-hydrogen) atoms. The number of rotatable bonds is 5. The van der Waals surface area contributed by atoms with Gasteiger partial charge in [-0.2, -0.15) is 0 Å². The van der Waals surface area contributed by atoms with Crippen molar-refractivity contribution in [2.75, 3.05) is 6.54 Å². The Bertz CT molecular complexity index is 171. The van der Waals surface area contributed by atoms with E-state index in [0.717, 1.165) is 12.5 Å². The summed E-state index contributed by atoms with van der Waals surface area (Å²) in [6.07, 6.45) is 5.08. The van der Waals surface area contributed by atoms with Crippen LogP contribution in [0.1, 0.15) is 39.5 Å². The lowest BCUT2D eigenvalue weighted by Crippen LogP contribution is -2.39. The third kappa shape index (κ3) is 2.90. The molecule has 0 saturated carbocycles. The van der Waals surface area contributed by atoms with Crippen molar-refractivity contribution in [3.63, 3.8) is 0 Å². The smallest absolute Gasteiger partial charge is 0.188 e. The van der Waals surface area contributed by atoms with Crippen LogP contribution >= 0.6 is 0 Å². The Kier molecular flexibility index (Phi) is 4.06. The van der Waals surface area contributed by atoms with Gasteiger partial charge in [-0.25, -0.2) is 0 Å². The minimum absolute atomic E-state index is 0.500. The summed E-state index contributed by atoms with van der Waals surface area (Å²) < 4.78 is 0. The lowest BCUT2D eigenvalue weighted by atomic mass is 9.91. The molecule has 1 heterocycles. The van der Waals surface area contributed by atoms with Crippen molar-refractivity contribution in [3.8, 4) is 0 Å². The standard InChI is InChI=1S/C10H21N3/c1-3-5-8(6-4-2)9-7-12-10(11)13-9/h8-9H,3-7H2,1-2H3,(H3,11,12,13). The second-order valence-electron chi connectivity index (χ2n) is 3.81. The van der Waals surface area contributed by atoms with Crippen molar-refractivity contribution >= 4 is 5.96 Å². The highest BCUT2D eigenvalue weighted by atomic mass is 15.2. The number of hydrogen-bond acceptors (Lipinski definition) is 3. The van der Waals surface area contributed by atoms with Crippen LogP contribution in [0.2, 0.25) is 0 Å². The molecule has 0 radical (unpaired) electrons. The quantitative estimate of drug-likeness (QED) is 0.678. The molecule has 1 atom stereocenters. The normalized spacial score (nSPS) is 21.8. The predicted octanol–water partition coefficient (Wildman–Crippen LogP) is 1.49. The van der Waals surface area contributed by atoms with E-state index in [0.29, 0.717) is 12.0 Å². The first-order chi connectivity index (χ1) is 6.27. The number of aliphatic imine (C=N–C) groups is 1. The number of hydrogen-bond donors (Lipinski definition) is 2. The summed E-state index contributed by atoms with van der Waals surface area (Å²) in [6.45, 7) is 5.35. The molecule has 0 aromatic heterocycles. The minimum atomic E-state index is 0.500. The fourth-order valence-corrected chi connectivity index (χ4v) is 2.03. The first-order valence-corrected chi connectivity index (χ1v) is 5.34. The van der Waals surface area contributed by atoms with E-state index in [2.05, 4.69) is 24.2 Å². The molecule has 0 aromatic rings. The fraction of sp³-hybridized carbons (Fsp3) is 0.900. The van der Waals surface area contributed by atoms with Crippen molar-refractivity contribution in [3.05, 3.63) is 0 Å². The zero-order chi connectivity index (χ0) is 9.68. The van der Waals surface area contributed by atoms with Crippen LogP contribution in [0.25, 0.3) is 0 Å². The van der Waals surface area contributed by atoms with Gasteiger partial charge < -0.3 is 11.1 Å². The van der Waals surface area contributed by atoms with Crippen molar-refractivity contribution in [2.24, 2.45) is 16.6 Å². The number of guanidine groups is 1. The Morgan fingerprint density at radius 2 is 2.08 bits per heavy atom. The zero-order valence-electron chi connectivity index (χ0n) is 8.71. The molecule has 3 heteroatoms. The zero-order valence-corrected chi connectivity index (χ0v) is 8.71. The largest absolute Gasteiger partial charge is 0.370 e. The van der Waals surface area contributed by atoms with Crippen LogP contribution in [0.3, 0.4) is 0 Å². The van der Waals surface area contributed by atoms with Crippen LogP contribution in [0, 0.1) is 5.92 Å². The lowest BCUT2D eigenvalue weighted by Gasteiger charge is -2.22. The summed E-state index contributed by atoms with van der Waals surface area (Å²) in [5.41, 5.74) is 5.59. The molecule has 76 valence electrons. The molecule has 0 aliphatic carbocycles. The van der Waals surface area contributed by atoms with Crippen LogP contribution in [0.5, 0.6) is 0 Å². The number of nitrogens with one attached hydrogen (secondary N) is 1. The molecule has 0 aromatic carbocycles.